The Kier molecular flexibility index (Phi) is 4.80. The van der Waals surface area contributed by atoms with Crippen molar-refractivity contribution in [3.8, 4) is 0 Å². The standard InChI is InChI=1S/C33H51N2/c1-11-32(7)25-19-23-21-13-15-22(16-14-21)24(23)20-26(25)35(10)28-27(30(3,4)17-18-31(28,5)6)34(9)29(35)33(32,8)12-2/h19-22,29H,11-18H2,1-10H3/q+1. The normalized spacial score (nSPS) is 42.5. The summed E-state index contributed by atoms with van der Waals surface area (Å²) in [5, 5.41) is 0. The molecular formula is C33H51N2+. The van der Waals surface area contributed by atoms with Gasteiger partial charge in [-0.15, -0.1) is 0 Å². The molecule has 2 nitrogen and oxygen atoms in total. The highest BCUT2D eigenvalue weighted by Gasteiger charge is 2.71. The Labute approximate surface area is 215 Å². The second kappa shape index (κ2) is 6.97. The first-order valence-electron chi connectivity index (χ1n) is 14.8. The molecule has 0 N–H and O–H groups in total. The molecule has 0 radical (unpaired) electrons. The molecule has 1 saturated carbocycles. The lowest BCUT2D eigenvalue weighted by Gasteiger charge is -2.61. The summed E-state index contributed by atoms with van der Waals surface area (Å²) in [6, 6.07) is 5.55. The van der Waals surface area contributed by atoms with Gasteiger partial charge in [0.2, 0.25) is 0 Å². The van der Waals surface area contributed by atoms with Crippen LogP contribution in [0.3, 0.4) is 0 Å². The fourth-order valence-corrected chi connectivity index (χ4v) is 10.5. The van der Waals surface area contributed by atoms with E-state index in [9.17, 15) is 0 Å². The van der Waals surface area contributed by atoms with Crippen molar-refractivity contribution in [3.63, 3.8) is 0 Å². The molecule has 0 aromatic heterocycles. The van der Waals surface area contributed by atoms with E-state index in [1.165, 1.54) is 51.4 Å². The number of fused-ring (bicyclic) bond motifs is 6. The maximum atomic E-state index is 2.81. The third-order valence-electron chi connectivity index (χ3n) is 12.7. The number of nitrogens with zero attached hydrogens (tertiary/aromatic N) is 2. The number of allylic oxidation sites excluding steroid dienone is 2. The summed E-state index contributed by atoms with van der Waals surface area (Å²) in [7, 11) is 5.09. The molecule has 4 aliphatic carbocycles. The largest absolute Gasteiger partial charge is 0.323 e. The first kappa shape index (κ1) is 24.1. The van der Waals surface area contributed by atoms with E-state index in [2.05, 4.69) is 86.5 Å². The molecule has 0 amide bonds. The highest BCUT2D eigenvalue weighted by molar-refractivity contribution is 5.68. The Hall–Kier alpha value is -1.28. The van der Waals surface area contributed by atoms with Crippen LogP contribution in [0, 0.1) is 16.2 Å². The van der Waals surface area contributed by atoms with E-state index in [0.717, 1.165) is 16.3 Å². The average Bonchev–Trinajstić information content (AvgIpc) is 3.10. The monoisotopic (exact) mass is 475 g/mol. The topological polar surface area (TPSA) is 3.24 Å². The molecule has 2 heterocycles. The summed E-state index contributed by atoms with van der Waals surface area (Å²) in [5.74, 6) is 1.60. The van der Waals surface area contributed by atoms with Crippen molar-refractivity contribution in [3.05, 3.63) is 40.2 Å². The summed E-state index contributed by atoms with van der Waals surface area (Å²) >= 11 is 0. The predicted octanol–water partition coefficient (Wildman–Crippen LogP) is 8.81. The van der Waals surface area contributed by atoms with Gasteiger partial charge in [0.05, 0.1) is 12.7 Å². The van der Waals surface area contributed by atoms with Crippen LogP contribution in [0.15, 0.2) is 23.5 Å². The van der Waals surface area contributed by atoms with Gasteiger partial charge in [-0.25, -0.2) is 4.48 Å². The Morgan fingerprint density at radius 1 is 0.829 bits per heavy atom. The van der Waals surface area contributed by atoms with Crippen LogP contribution >= 0.6 is 0 Å². The molecule has 0 saturated heterocycles. The lowest BCUT2D eigenvalue weighted by atomic mass is 9.53. The molecule has 1 fully saturated rings. The minimum Gasteiger partial charge on any atom is -0.323 e. The Bertz CT molecular complexity index is 1120. The van der Waals surface area contributed by atoms with Crippen LogP contribution in [-0.4, -0.2) is 25.2 Å². The minimum absolute atomic E-state index is 0.169. The minimum atomic E-state index is 0.169. The number of quaternary nitrogens is 1. The molecule has 2 aliphatic heterocycles. The summed E-state index contributed by atoms with van der Waals surface area (Å²) in [6.07, 6.45) is 11.1. The van der Waals surface area contributed by atoms with Crippen LogP contribution in [0.25, 0.3) is 0 Å². The van der Waals surface area contributed by atoms with Crippen LogP contribution in [0.5, 0.6) is 0 Å². The number of hydrogen-bond donors (Lipinski definition) is 0. The molecular weight excluding hydrogens is 424 g/mol. The maximum Gasteiger partial charge on any atom is 0.179 e. The lowest BCUT2D eigenvalue weighted by molar-refractivity contribution is -0.0383. The molecule has 1 aromatic rings. The molecule has 6 aliphatic rings. The lowest BCUT2D eigenvalue weighted by Crippen LogP contribution is -2.70. The summed E-state index contributed by atoms with van der Waals surface area (Å²) in [4.78, 5) is 2.81. The second-order valence-electron chi connectivity index (χ2n) is 15.0. The maximum absolute atomic E-state index is 2.81. The van der Waals surface area contributed by atoms with Crippen molar-refractivity contribution < 1.29 is 0 Å². The fourth-order valence-electron chi connectivity index (χ4n) is 10.5. The molecule has 4 atom stereocenters. The summed E-state index contributed by atoms with van der Waals surface area (Å²) < 4.78 is 1.02. The van der Waals surface area contributed by atoms with Gasteiger partial charge in [-0.05, 0) is 80.4 Å². The van der Waals surface area contributed by atoms with Crippen molar-refractivity contribution in [1.29, 1.82) is 0 Å². The second-order valence-corrected chi connectivity index (χ2v) is 15.0. The molecule has 35 heavy (non-hydrogen) atoms. The molecule has 2 heteroatoms. The third kappa shape index (κ3) is 2.61. The SMILES string of the molecule is CCC1(C)c2cc3c(cc2[N+]2(C)C4=C(N(C)C2C1(C)CC)C(C)(C)CCC4(C)C)C1CCC3CC1. The van der Waals surface area contributed by atoms with Crippen molar-refractivity contribution in [2.45, 2.75) is 130 Å². The van der Waals surface area contributed by atoms with E-state index < -0.39 is 0 Å². The van der Waals surface area contributed by atoms with Crippen molar-refractivity contribution in [2.24, 2.45) is 16.2 Å². The Morgan fingerprint density at radius 2 is 1.37 bits per heavy atom. The molecule has 2 bridgehead atoms. The molecule has 4 unspecified atom stereocenters. The number of hydrogen-bond acceptors (Lipinski definition) is 1. The molecule has 192 valence electrons. The first-order chi connectivity index (χ1) is 16.3. The average molecular weight is 476 g/mol. The van der Waals surface area contributed by atoms with Gasteiger partial charge in [-0.2, -0.15) is 0 Å². The zero-order valence-corrected chi connectivity index (χ0v) is 24.4. The summed E-state index contributed by atoms with van der Waals surface area (Å²) in [6.45, 7) is 20.4. The van der Waals surface area contributed by atoms with E-state index in [-0.39, 0.29) is 21.7 Å². The molecule has 1 aromatic carbocycles. The number of benzene rings is 1. The summed E-state index contributed by atoms with van der Waals surface area (Å²) in [5.41, 5.74) is 11.0. The predicted molar refractivity (Wildman–Crippen MR) is 150 cm³/mol. The molecule has 7 rings (SSSR count). The van der Waals surface area contributed by atoms with Crippen LogP contribution in [-0.2, 0) is 5.41 Å². The smallest absolute Gasteiger partial charge is 0.179 e. The van der Waals surface area contributed by atoms with Gasteiger partial charge in [0.15, 0.2) is 6.17 Å². The zero-order valence-electron chi connectivity index (χ0n) is 24.4. The van der Waals surface area contributed by atoms with Crippen LogP contribution in [0.2, 0.25) is 0 Å². The fraction of sp³-hybridized carbons (Fsp3) is 0.758. The van der Waals surface area contributed by atoms with E-state index in [1.807, 2.05) is 0 Å². The quantitative estimate of drug-likeness (QED) is 0.386. The van der Waals surface area contributed by atoms with Gasteiger partial charge < -0.3 is 4.90 Å². The van der Waals surface area contributed by atoms with Crippen LogP contribution in [0.1, 0.15) is 135 Å². The van der Waals surface area contributed by atoms with Gasteiger partial charge in [-0.3, -0.25) is 0 Å². The first-order valence-corrected chi connectivity index (χ1v) is 14.8. The van der Waals surface area contributed by atoms with E-state index >= 15 is 0 Å². The zero-order chi connectivity index (χ0) is 25.3. The highest BCUT2D eigenvalue weighted by Crippen LogP contribution is 2.69. The number of rotatable bonds is 2. The van der Waals surface area contributed by atoms with Crippen LogP contribution in [0.4, 0.5) is 5.69 Å². The van der Waals surface area contributed by atoms with Crippen LogP contribution < -0.4 is 4.48 Å². The van der Waals surface area contributed by atoms with E-state index in [4.69, 9.17) is 0 Å². The van der Waals surface area contributed by atoms with Gasteiger partial charge in [-0.1, -0.05) is 55.4 Å². The van der Waals surface area contributed by atoms with Gasteiger partial charge in [0.1, 0.15) is 11.4 Å². The Balaban J connectivity index is 1.74. The van der Waals surface area contributed by atoms with Crippen molar-refractivity contribution >= 4 is 5.69 Å². The Morgan fingerprint density at radius 3 is 1.91 bits per heavy atom. The third-order valence-corrected chi connectivity index (χ3v) is 12.7. The van der Waals surface area contributed by atoms with Gasteiger partial charge >= 0.3 is 0 Å². The van der Waals surface area contributed by atoms with E-state index in [1.54, 1.807) is 33.8 Å². The van der Waals surface area contributed by atoms with Crippen molar-refractivity contribution in [2.75, 3.05) is 14.1 Å². The highest BCUT2D eigenvalue weighted by atomic mass is 15.5. The van der Waals surface area contributed by atoms with E-state index in [0.29, 0.717) is 6.17 Å². The van der Waals surface area contributed by atoms with Gasteiger partial charge in [0, 0.05) is 40.3 Å². The van der Waals surface area contributed by atoms with Crippen molar-refractivity contribution in [1.82, 2.24) is 9.38 Å². The van der Waals surface area contributed by atoms with Gasteiger partial charge in [0.25, 0.3) is 0 Å². The molecule has 0 spiro atoms.